The number of rotatable bonds is 5. The van der Waals surface area contributed by atoms with Crippen molar-refractivity contribution in [2.45, 2.75) is 20.0 Å². The van der Waals surface area contributed by atoms with Crippen LogP contribution in [0.2, 0.25) is 0 Å². The van der Waals surface area contributed by atoms with Crippen LogP contribution in [0.3, 0.4) is 0 Å². The van der Waals surface area contributed by atoms with Crippen LogP contribution in [0.25, 0.3) is 0 Å². The molecule has 0 saturated heterocycles. The number of imidazole rings is 1. The smallest absolute Gasteiger partial charge is 0.0951 e. The van der Waals surface area contributed by atoms with Crippen LogP contribution in [0.15, 0.2) is 37.1 Å². The maximum Gasteiger partial charge on any atom is 0.0951 e. The predicted octanol–water partition coefficient (Wildman–Crippen LogP) is 1.44. The third kappa shape index (κ3) is 2.67. The van der Waals surface area contributed by atoms with E-state index in [1.165, 1.54) is 11.3 Å². The molecule has 0 unspecified atom stereocenters. The highest BCUT2D eigenvalue weighted by molar-refractivity contribution is 5.12. The summed E-state index contributed by atoms with van der Waals surface area (Å²) in [7, 11) is 0. The van der Waals surface area contributed by atoms with Gasteiger partial charge in [-0.25, -0.2) is 4.98 Å². The van der Waals surface area contributed by atoms with E-state index in [1.54, 1.807) is 0 Å². The summed E-state index contributed by atoms with van der Waals surface area (Å²) in [5.74, 6) is 0. The van der Waals surface area contributed by atoms with Crippen molar-refractivity contribution in [2.24, 2.45) is 0 Å². The molecule has 2 heterocycles. The Labute approximate surface area is 95.4 Å². The molecular formula is C12H16N4. The van der Waals surface area contributed by atoms with E-state index in [9.17, 15) is 0 Å². The molecule has 2 rings (SSSR count). The van der Waals surface area contributed by atoms with Crippen LogP contribution in [0.4, 0.5) is 0 Å². The average Bonchev–Trinajstić information content (AvgIpc) is 2.75. The molecule has 0 atom stereocenters. The normalized spacial score (nSPS) is 10.6. The van der Waals surface area contributed by atoms with E-state index < -0.39 is 0 Å². The molecule has 16 heavy (non-hydrogen) atoms. The standard InChI is InChI=1S/C12H16N4/c1-2-13-7-12-8-15-10-16(12)9-11-3-5-14-6-4-11/h3-6,8,10,13H,2,7,9H2,1H3. The molecule has 84 valence electrons. The Morgan fingerprint density at radius 3 is 2.81 bits per heavy atom. The van der Waals surface area contributed by atoms with E-state index in [2.05, 4.69) is 26.8 Å². The second-order valence-corrected chi connectivity index (χ2v) is 3.65. The zero-order valence-electron chi connectivity index (χ0n) is 9.43. The first-order valence-electron chi connectivity index (χ1n) is 5.48. The van der Waals surface area contributed by atoms with E-state index >= 15 is 0 Å². The Kier molecular flexibility index (Phi) is 3.66. The second-order valence-electron chi connectivity index (χ2n) is 3.65. The average molecular weight is 216 g/mol. The number of hydrogen-bond acceptors (Lipinski definition) is 3. The van der Waals surface area contributed by atoms with E-state index in [1.807, 2.05) is 37.1 Å². The maximum atomic E-state index is 4.18. The zero-order valence-corrected chi connectivity index (χ0v) is 9.43. The highest BCUT2D eigenvalue weighted by Crippen LogP contribution is 2.04. The number of nitrogens with one attached hydrogen (secondary N) is 1. The quantitative estimate of drug-likeness (QED) is 0.822. The summed E-state index contributed by atoms with van der Waals surface area (Å²) < 4.78 is 2.15. The summed E-state index contributed by atoms with van der Waals surface area (Å²) in [4.78, 5) is 8.19. The lowest BCUT2D eigenvalue weighted by Crippen LogP contribution is -2.15. The molecule has 0 aliphatic heterocycles. The first-order valence-corrected chi connectivity index (χ1v) is 5.48. The highest BCUT2D eigenvalue weighted by Gasteiger charge is 2.01. The van der Waals surface area contributed by atoms with E-state index in [0.717, 1.165) is 19.6 Å². The van der Waals surface area contributed by atoms with Crippen LogP contribution in [0, 0.1) is 0 Å². The van der Waals surface area contributed by atoms with E-state index in [4.69, 9.17) is 0 Å². The fourth-order valence-electron chi connectivity index (χ4n) is 1.58. The van der Waals surface area contributed by atoms with Gasteiger partial charge in [-0.15, -0.1) is 0 Å². The Morgan fingerprint density at radius 1 is 1.25 bits per heavy atom. The molecule has 0 spiro atoms. The van der Waals surface area contributed by atoms with Crippen LogP contribution in [-0.4, -0.2) is 21.1 Å². The summed E-state index contributed by atoms with van der Waals surface area (Å²) in [6.07, 6.45) is 7.41. The minimum atomic E-state index is 0.850. The van der Waals surface area contributed by atoms with Crippen LogP contribution in [-0.2, 0) is 13.1 Å². The molecule has 2 aromatic rings. The minimum Gasteiger partial charge on any atom is -0.329 e. The van der Waals surface area contributed by atoms with Crippen molar-refractivity contribution in [2.75, 3.05) is 6.54 Å². The Bertz CT molecular complexity index is 422. The van der Waals surface area contributed by atoms with Gasteiger partial charge in [0.25, 0.3) is 0 Å². The molecule has 2 aromatic heterocycles. The SMILES string of the molecule is CCNCc1cncn1Cc1ccncc1. The van der Waals surface area contributed by atoms with Crippen molar-refractivity contribution in [3.8, 4) is 0 Å². The molecule has 0 fully saturated rings. The molecule has 0 aliphatic carbocycles. The molecular weight excluding hydrogens is 200 g/mol. The topological polar surface area (TPSA) is 42.7 Å². The van der Waals surface area contributed by atoms with Gasteiger partial charge in [0.1, 0.15) is 0 Å². The van der Waals surface area contributed by atoms with Crippen LogP contribution in [0.1, 0.15) is 18.2 Å². The maximum absolute atomic E-state index is 4.18. The minimum absolute atomic E-state index is 0.850. The van der Waals surface area contributed by atoms with Gasteiger partial charge in [0.15, 0.2) is 0 Å². The van der Waals surface area contributed by atoms with Crippen molar-refractivity contribution < 1.29 is 0 Å². The fourth-order valence-corrected chi connectivity index (χ4v) is 1.58. The van der Waals surface area contributed by atoms with Crippen molar-refractivity contribution in [1.82, 2.24) is 19.9 Å². The van der Waals surface area contributed by atoms with E-state index in [0.29, 0.717) is 0 Å². The predicted molar refractivity (Wildman–Crippen MR) is 62.9 cm³/mol. The number of hydrogen-bond donors (Lipinski definition) is 1. The van der Waals surface area contributed by atoms with Crippen LogP contribution < -0.4 is 5.32 Å². The molecule has 1 N–H and O–H groups in total. The van der Waals surface area contributed by atoms with Crippen molar-refractivity contribution >= 4 is 0 Å². The number of nitrogens with zero attached hydrogens (tertiary/aromatic N) is 3. The zero-order chi connectivity index (χ0) is 11.2. The van der Waals surface area contributed by atoms with Gasteiger partial charge >= 0.3 is 0 Å². The van der Waals surface area contributed by atoms with E-state index in [-0.39, 0.29) is 0 Å². The monoisotopic (exact) mass is 216 g/mol. The summed E-state index contributed by atoms with van der Waals surface area (Å²) in [6.45, 7) is 4.79. The summed E-state index contributed by atoms with van der Waals surface area (Å²) in [5, 5.41) is 3.30. The van der Waals surface area contributed by atoms with Gasteiger partial charge in [-0.1, -0.05) is 6.92 Å². The third-order valence-electron chi connectivity index (χ3n) is 2.46. The van der Waals surface area contributed by atoms with Gasteiger partial charge in [0, 0.05) is 31.7 Å². The fraction of sp³-hybridized carbons (Fsp3) is 0.333. The van der Waals surface area contributed by atoms with Crippen LogP contribution >= 0.6 is 0 Å². The van der Waals surface area contributed by atoms with Crippen LogP contribution in [0.5, 0.6) is 0 Å². The first kappa shape index (κ1) is 10.8. The lowest BCUT2D eigenvalue weighted by molar-refractivity contribution is 0.656. The molecule has 4 nitrogen and oxygen atoms in total. The molecule has 0 bridgehead atoms. The molecule has 4 heteroatoms. The van der Waals surface area contributed by atoms with Crippen molar-refractivity contribution in [1.29, 1.82) is 0 Å². The van der Waals surface area contributed by atoms with Gasteiger partial charge < -0.3 is 9.88 Å². The first-order chi connectivity index (χ1) is 7.90. The van der Waals surface area contributed by atoms with Gasteiger partial charge in [-0.2, -0.15) is 0 Å². The lowest BCUT2D eigenvalue weighted by atomic mass is 10.2. The molecule has 0 aliphatic rings. The largest absolute Gasteiger partial charge is 0.329 e. The van der Waals surface area contributed by atoms with Crippen molar-refractivity contribution in [3.05, 3.63) is 48.3 Å². The van der Waals surface area contributed by atoms with Gasteiger partial charge in [0.05, 0.1) is 12.0 Å². The van der Waals surface area contributed by atoms with Gasteiger partial charge in [-0.3, -0.25) is 4.98 Å². The lowest BCUT2D eigenvalue weighted by Gasteiger charge is -2.08. The van der Waals surface area contributed by atoms with Gasteiger partial charge in [-0.05, 0) is 24.2 Å². The van der Waals surface area contributed by atoms with Gasteiger partial charge in [0.2, 0.25) is 0 Å². The molecule has 0 radical (unpaired) electrons. The summed E-state index contributed by atoms with van der Waals surface area (Å²) >= 11 is 0. The molecule has 0 saturated carbocycles. The Hall–Kier alpha value is -1.68. The third-order valence-corrected chi connectivity index (χ3v) is 2.46. The number of aromatic nitrogens is 3. The molecule has 0 amide bonds. The summed E-state index contributed by atoms with van der Waals surface area (Å²) in [6, 6.07) is 4.05. The second kappa shape index (κ2) is 5.42. The number of pyridine rings is 1. The molecule has 0 aromatic carbocycles. The highest BCUT2D eigenvalue weighted by atomic mass is 15.1. The Morgan fingerprint density at radius 2 is 2.06 bits per heavy atom. The van der Waals surface area contributed by atoms with Crippen molar-refractivity contribution in [3.63, 3.8) is 0 Å². The summed E-state index contributed by atoms with van der Waals surface area (Å²) in [5.41, 5.74) is 2.45. The Balaban J connectivity index is 2.07.